The molecule has 0 aromatic carbocycles. The zero-order valence-corrected chi connectivity index (χ0v) is 6.03. The first-order chi connectivity index (χ1) is 3.25. The zero-order valence-electron chi connectivity index (χ0n) is 3.64. The third-order valence-corrected chi connectivity index (χ3v) is 1.35. The number of alkyl halides is 3. The molecule has 0 fully saturated rings. The number of halogens is 5. The highest BCUT2D eigenvalue weighted by Crippen LogP contribution is 2.25. The van der Waals surface area contributed by atoms with Crippen LogP contribution in [0.3, 0.4) is 0 Å². The summed E-state index contributed by atoms with van der Waals surface area (Å²) in [7, 11) is -1.51. The van der Waals surface area contributed by atoms with Crippen LogP contribution >= 0.6 is 23.1 Å². The average Bonchev–Trinajstić information content (AvgIpc) is 1.25. The lowest BCUT2D eigenvalue weighted by molar-refractivity contribution is -0.0412. The quantitative estimate of drug-likeness (QED) is 0.561. The van der Waals surface area contributed by atoms with E-state index in [1.54, 1.807) is 0 Å². The highest BCUT2D eigenvalue weighted by Gasteiger charge is 2.44. The smallest absolute Gasteiger partial charge is 0.203 e. The van der Waals surface area contributed by atoms with Gasteiger partial charge in [-0.3, -0.25) is 0 Å². The second kappa shape index (κ2) is 2.94. The third-order valence-electron chi connectivity index (χ3n) is 0.276. The summed E-state index contributed by atoms with van der Waals surface area (Å²) in [6.45, 7) is 0. The first-order valence-electron chi connectivity index (χ1n) is 1.26. The minimum Gasteiger partial charge on any atom is -0.203 e. The summed E-state index contributed by atoms with van der Waals surface area (Å²) in [5.74, 6) is 0. The van der Waals surface area contributed by atoms with E-state index in [-0.39, 0.29) is 12.4 Å². The van der Waals surface area contributed by atoms with Gasteiger partial charge in [0, 0.05) is 10.7 Å². The normalized spacial score (nSPS) is 12.4. The van der Waals surface area contributed by atoms with Crippen molar-refractivity contribution in [1.29, 1.82) is 0 Å². The Morgan fingerprint density at radius 2 is 1.33 bits per heavy atom. The maximum Gasteiger partial charge on any atom is 0.511 e. The van der Waals surface area contributed by atoms with Gasteiger partial charge in [-0.05, 0) is 0 Å². The van der Waals surface area contributed by atoms with Crippen LogP contribution in [0.2, 0.25) is 0 Å². The Kier molecular flexibility index (Phi) is 3.93. The van der Waals surface area contributed by atoms with E-state index in [2.05, 4.69) is 10.7 Å². The summed E-state index contributed by atoms with van der Waals surface area (Å²) in [5.41, 5.74) is -5.32. The highest BCUT2D eigenvalue weighted by atomic mass is 35.7. The number of rotatable bonds is 0. The van der Waals surface area contributed by atoms with E-state index in [1.165, 1.54) is 0 Å². The zero-order chi connectivity index (χ0) is 7.00. The van der Waals surface area contributed by atoms with Crippen molar-refractivity contribution >= 4 is 32.1 Å². The van der Waals surface area contributed by atoms with Gasteiger partial charge in [-0.2, -0.15) is 13.2 Å². The summed E-state index contributed by atoms with van der Waals surface area (Å²) in [4.78, 5) is 0. The molecule has 58 valence electrons. The molecule has 8 heteroatoms. The van der Waals surface area contributed by atoms with Crippen molar-refractivity contribution in [3.8, 4) is 0 Å². The van der Waals surface area contributed by atoms with E-state index >= 15 is 0 Å². The van der Waals surface area contributed by atoms with Gasteiger partial charge in [-0.15, -0.1) is 12.4 Å². The molecule has 0 bridgehead atoms. The van der Waals surface area contributed by atoms with Gasteiger partial charge in [0.2, 0.25) is 0 Å². The van der Waals surface area contributed by atoms with Crippen LogP contribution < -0.4 is 0 Å². The molecular formula is CHCl2F3O2S. The molecule has 0 rings (SSSR count). The van der Waals surface area contributed by atoms with E-state index in [4.69, 9.17) is 0 Å². The molecule has 0 aliphatic heterocycles. The molecule has 0 aromatic heterocycles. The fraction of sp³-hybridized carbons (Fsp3) is 1.00. The second-order valence-corrected chi connectivity index (χ2v) is 3.44. The topological polar surface area (TPSA) is 34.1 Å². The van der Waals surface area contributed by atoms with E-state index in [1.807, 2.05) is 0 Å². The van der Waals surface area contributed by atoms with E-state index in [9.17, 15) is 21.6 Å². The largest absolute Gasteiger partial charge is 0.511 e. The van der Waals surface area contributed by atoms with Gasteiger partial charge in [-0.1, -0.05) is 0 Å². The van der Waals surface area contributed by atoms with Gasteiger partial charge in [0.25, 0.3) is 0 Å². The van der Waals surface area contributed by atoms with Crippen molar-refractivity contribution < 1.29 is 21.6 Å². The van der Waals surface area contributed by atoms with Gasteiger partial charge >= 0.3 is 14.6 Å². The van der Waals surface area contributed by atoms with Crippen molar-refractivity contribution in [3.05, 3.63) is 0 Å². The van der Waals surface area contributed by atoms with Crippen molar-refractivity contribution in [3.63, 3.8) is 0 Å². The standard InChI is InChI=1S/CClF3O2S.ClH/c2-8(6,7)1(3,4)5;/h;1H. The van der Waals surface area contributed by atoms with Gasteiger partial charge in [-0.25, -0.2) is 8.42 Å². The molecule has 9 heavy (non-hydrogen) atoms. The van der Waals surface area contributed by atoms with E-state index in [0.717, 1.165) is 0 Å². The molecule has 0 aliphatic carbocycles. The molecule has 0 spiro atoms. The van der Waals surface area contributed by atoms with Crippen molar-refractivity contribution in [1.82, 2.24) is 0 Å². The lowest BCUT2D eigenvalue weighted by Crippen LogP contribution is -2.16. The highest BCUT2D eigenvalue weighted by molar-refractivity contribution is 8.14. The number of hydrogen-bond donors (Lipinski definition) is 0. The van der Waals surface area contributed by atoms with Crippen molar-refractivity contribution in [2.24, 2.45) is 0 Å². The maximum atomic E-state index is 10.8. The molecule has 0 aromatic rings. The molecular weight excluding hydrogens is 204 g/mol. The summed E-state index contributed by atoms with van der Waals surface area (Å²) in [5, 5.41) is 0. The molecule has 0 heterocycles. The first-order valence-corrected chi connectivity index (χ1v) is 3.57. The molecule has 0 aliphatic rings. The minimum absolute atomic E-state index is 0. The Morgan fingerprint density at radius 3 is 1.33 bits per heavy atom. The Balaban J connectivity index is 0. The molecule has 0 amide bonds. The SMILES string of the molecule is Cl.O=S(=O)(Cl)C(F)(F)F. The predicted octanol–water partition coefficient (Wildman–Crippen LogP) is 1.50. The van der Waals surface area contributed by atoms with Crippen LogP contribution in [0, 0.1) is 0 Å². The third kappa shape index (κ3) is 3.83. The van der Waals surface area contributed by atoms with Crippen LogP contribution in [0.5, 0.6) is 0 Å². The van der Waals surface area contributed by atoms with E-state index in [0.29, 0.717) is 0 Å². The fourth-order valence-electron chi connectivity index (χ4n) is 0. The predicted molar refractivity (Wildman–Crippen MR) is 28.1 cm³/mol. The molecule has 2 nitrogen and oxygen atoms in total. The average molecular weight is 205 g/mol. The second-order valence-electron chi connectivity index (χ2n) is 0.884. The van der Waals surface area contributed by atoms with Crippen LogP contribution in [0.4, 0.5) is 13.2 Å². The molecule has 0 unspecified atom stereocenters. The molecule has 0 radical (unpaired) electrons. The molecule has 0 saturated heterocycles. The number of hydrogen-bond acceptors (Lipinski definition) is 2. The Labute approximate surface area is 59.8 Å². The fourth-order valence-corrected chi connectivity index (χ4v) is 0. The lowest BCUT2D eigenvalue weighted by atomic mass is 11.6. The van der Waals surface area contributed by atoms with Gasteiger partial charge in [0.15, 0.2) is 0 Å². The first kappa shape index (κ1) is 12.0. The summed E-state index contributed by atoms with van der Waals surface area (Å²) < 4.78 is 51.1. The Bertz CT molecular complexity index is 169. The van der Waals surface area contributed by atoms with Crippen LogP contribution in [0.25, 0.3) is 0 Å². The molecule has 0 saturated carbocycles. The summed E-state index contributed by atoms with van der Waals surface area (Å²) in [6.07, 6.45) is 0. The Morgan fingerprint density at radius 1 is 1.22 bits per heavy atom. The lowest BCUT2D eigenvalue weighted by Gasteiger charge is -1.96. The summed E-state index contributed by atoms with van der Waals surface area (Å²) >= 11 is 0. The molecule has 0 N–H and O–H groups in total. The Hall–Kier alpha value is 0.320. The summed E-state index contributed by atoms with van der Waals surface area (Å²) in [6, 6.07) is 0. The van der Waals surface area contributed by atoms with Crippen LogP contribution in [-0.2, 0) is 9.05 Å². The van der Waals surface area contributed by atoms with Gasteiger partial charge in [0.1, 0.15) is 0 Å². The van der Waals surface area contributed by atoms with E-state index < -0.39 is 14.6 Å². The van der Waals surface area contributed by atoms with Gasteiger partial charge < -0.3 is 0 Å². The maximum absolute atomic E-state index is 10.8. The van der Waals surface area contributed by atoms with Gasteiger partial charge in [0.05, 0.1) is 0 Å². The minimum atomic E-state index is -5.37. The van der Waals surface area contributed by atoms with Crippen molar-refractivity contribution in [2.75, 3.05) is 0 Å². The van der Waals surface area contributed by atoms with Crippen LogP contribution in [0.15, 0.2) is 0 Å². The van der Waals surface area contributed by atoms with Crippen LogP contribution in [-0.4, -0.2) is 13.9 Å². The van der Waals surface area contributed by atoms with Crippen LogP contribution in [0.1, 0.15) is 0 Å². The monoisotopic (exact) mass is 204 g/mol. The molecule has 0 atom stereocenters. The van der Waals surface area contributed by atoms with Crippen molar-refractivity contribution in [2.45, 2.75) is 5.51 Å².